The fourth-order valence-electron chi connectivity index (χ4n) is 10.0. The van der Waals surface area contributed by atoms with E-state index in [1.807, 2.05) is 0 Å². The lowest BCUT2D eigenvalue weighted by molar-refractivity contribution is 1.02. The Balaban J connectivity index is 1.21. The van der Waals surface area contributed by atoms with Crippen molar-refractivity contribution in [2.45, 2.75) is 0 Å². The average Bonchev–Trinajstić information content (AvgIpc) is 3.88. The highest BCUT2D eigenvalue weighted by Gasteiger charge is 2.26. The zero-order valence-corrected chi connectivity index (χ0v) is 33.6. The van der Waals surface area contributed by atoms with Crippen LogP contribution < -0.4 is 0 Å². The summed E-state index contributed by atoms with van der Waals surface area (Å²) in [5.41, 5.74) is 13.2. The monoisotopic (exact) mass is 788 g/mol. The third-order valence-corrected chi connectivity index (χ3v) is 12.7. The van der Waals surface area contributed by atoms with E-state index in [0.29, 0.717) is 5.95 Å². The molecule has 0 saturated heterocycles. The van der Waals surface area contributed by atoms with Gasteiger partial charge in [0.25, 0.3) is 0 Å². The minimum absolute atomic E-state index is 0.647. The number of hydrogen-bond donors (Lipinski definition) is 0. The fourth-order valence-corrected chi connectivity index (χ4v) is 10.0. The molecule has 4 nitrogen and oxygen atoms in total. The van der Waals surface area contributed by atoms with Crippen LogP contribution in [0.5, 0.6) is 0 Å². The van der Waals surface area contributed by atoms with E-state index >= 15 is 0 Å². The highest BCUT2D eigenvalue weighted by atomic mass is 15.2. The highest BCUT2D eigenvalue weighted by Crippen LogP contribution is 2.47. The van der Waals surface area contributed by atoms with Crippen molar-refractivity contribution in [3.63, 3.8) is 0 Å². The predicted octanol–water partition coefficient (Wildman–Crippen LogP) is 15.1. The molecule has 3 heterocycles. The SMILES string of the molecule is c1ccc(-c2cc(-c3ccccc3)cc(-n3c4ccccc4c4c5c6c7ccccc7c7ccccc7c6n(-c6nc(-c7ccccc7)c7ccccc7n6)c5ccc43)c2)cc1. The second-order valence-corrected chi connectivity index (χ2v) is 16.1. The second kappa shape index (κ2) is 13.6. The summed E-state index contributed by atoms with van der Waals surface area (Å²) < 4.78 is 4.81. The molecule has 0 radical (unpaired) electrons. The summed E-state index contributed by atoms with van der Waals surface area (Å²) in [7, 11) is 0. The van der Waals surface area contributed by atoms with E-state index in [4.69, 9.17) is 9.97 Å². The van der Waals surface area contributed by atoms with Crippen molar-refractivity contribution in [1.82, 2.24) is 19.1 Å². The van der Waals surface area contributed by atoms with Crippen LogP contribution >= 0.6 is 0 Å². The summed E-state index contributed by atoms with van der Waals surface area (Å²) in [6, 6.07) is 78.5. The van der Waals surface area contributed by atoms with E-state index < -0.39 is 0 Å². The number of nitrogens with zero attached hydrogens (tertiary/aromatic N) is 4. The first-order valence-corrected chi connectivity index (χ1v) is 21.2. The lowest BCUT2D eigenvalue weighted by Gasteiger charge is -2.14. The molecule has 0 aliphatic heterocycles. The lowest BCUT2D eigenvalue weighted by Crippen LogP contribution is -2.04. The van der Waals surface area contributed by atoms with Gasteiger partial charge >= 0.3 is 0 Å². The average molecular weight is 789 g/mol. The van der Waals surface area contributed by atoms with Crippen LogP contribution in [-0.4, -0.2) is 19.1 Å². The number of aromatic nitrogens is 4. The van der Waals surface area contributed by atoms with E-state index in [1.54, 1.807) is 0 Å². The van der Waals surface area contributed by atoms with Gasteiger partial charge in [-0.3, -0.25) is 4.57 Å². The van der Waals surface area contributed by atoms with E-state index in [-0.39, 0.29) is 0 Å². The molecule has 10 aromatic carbocycles. The Labute approximate surface area is 357 Å². The third kappa shape index (κ3) is 5.14. The zero-order valence-electron chi connectivity index (χ0n) is 33.6. The van der Waals surface area contributed by atoms with Gasteiger partial charge in [-0.2, -0.15) is 0 Å². The molecular weight excluding hydrogens is 753 g/mol. The summed E-state index contributed by atoms with van der Waals surface area (Å²) in [6.07, 6.45) is 0. The van der Waals surface area contributed by atoms with E-state index in [9.17, 15) is 0 Å². The maximum Gasteiger partial charge on any atom is 0.235 e. The molecule has 0 N–H and O–H groups in total. The predicted molar refractivity (Wildman–Crippen MR) is 260 cm³/mol. The Morgan fingerprint density at radius 2 is 0.790 bits per heavy atom. The number of benzene rings is 10. The van der Waals surface area contributed by atoms with Gasteiger partial charge in [-0.15, -0.1) is 0 Å². The molecule has 0 aliphatic rings. The molecule has 0 spiro atoms. The van der Waals surface area contributed by atoms with Crippen LogP contribution in [0.4, 0.5) is 0 Å². The standard InChI is InChI=1S/C58H36N4/c1-4-18-37(19-5-1)40-34-41(38-20-6-2-7-21-38)36-42(35-40)61-50-31-17-15-29-48(50)53-51(61)32-33-52-55(53)54-45-26-12-10-24-43(45)44-25-11-13-27-46(44)57(54)62(52)58-59-49-30-16-14-28-47(49)56(60-58)39-22-8-3-9-23-39/h1-36H. The summed E-state index contributed by atoms with van der Waals surface area (Å²) in [4.78, 5) is 10.9. The number of hydrogen-bond acceptors (Lipinski definition) is 2. The second-order valence-electron chi connectivity index (χ2n) is 16.1. The summed E-state index contributed by atoms with van der Waals surface area (Å²) in [5, 5.41) is 10.6. The Bertz CT molecular complexity index is 3840. The largest absolute Gasteiger partial charge is 0.309 e. The summed E-state index contributed by atoms with van der Waals surface area (Å²) in [6.45, 7) is 0. The summed E-state index contributed by atoms with van der Waals surface area (Å²) in [5.74, 6) is 0.647. The van der Waals surface area contributed by atoms with Crippen LogP contribution in [0, 0.1) is 0 Å². The van der Waals surface area contributed by atoms with E-state index in [2.05, 4.69) is 228 Å². The smallest absolute Gasteiger partial charge is 0.235 e. The normalized spacial score (nSPS) is 11.9. The van der Waals surface area contributed by atoms with Gasteiger partial charge in [0.2, 0.25) is 5.95 Å². The Hall–Kier alpha value is -8.34. The topological polar surface area (TPSA) is 35.6 Å². The first-order chi connectivity index (χ1) is 30.8. The van der Waals surface area contributed by atoms with Crippen molar-refractivity contribution < 1.29 is 0 Å². The molecule has 288 valence electrons. The molecular formula is C58H36N4. The Morgan fingerprint density at radius 1 is 0.290 bits per heavy atom. The highest BCUT2D eigenvalue weighted by molar-refractivity contribution is 6.38. The van der Waals surface area contributed by atoms with Crippen molar-refractivity contribution in [2.24, 2.45) is 0 Å². The molecule has 0 fully saturated rings. The van der Waals surface area contributed by atoms with Gasteiger partial charge < -0.3 is 4.57 Å². The molecule has 13 rings (SSSR count). The first-order valence-electron chi connectivity index (χ1n) is 21.2. The third-order valence-electron chi connectivity index (χ3n) is 12.7. The van der Waals surface area contributed by atoms with Crippen molar-refractivity contribution in [3.05, 3.63) is 218 Å². The number of rotatable bonds is 5. The van der Waals surface area contributed by atoms with Crippen molar-refractivity contribution in [3.8, 4) is 45.1 Å². The van der Waals surface area contributed by atoms with Crippen LogP contribution in [0.3, 0.4) is 0 Å². The van der Waals surface area contributed by atoms with Gasteiger partial charge in [-0.1, -0.05) is 176 Å². The van der Waals surface area contributed by atoms with Gasteiger partial charge in [0.15, 0.2) is 0 Å². The maximum atomic E-state index is 5.52. The lowest BCUT2D eigenvalue weighted by atomic mass is 9.95. The van der Waals surface area contributed by atoms with Crippen LogP contribution in [0.15, 0.2) is 218 Å². The molecule has 62 heavy (non-hydrogen) atoms. The Morgan fingerprint density at radius 3 is 1.45 bits per heavy atom. The van der Waals surface area contributed by atoms with Gasteiger partial charge in [-0.05, 0) is 80.9 Å². The number of fused-ring (bicyclic) bond motifs is 13. The van der Waals surface area contributed by atoms with Crippen LogP contribution in [-0.2, 0) is 0 Å². The molecule has 3 aromatic heterocycles. The molecule has 0 aliphatic carbocycles. The van der Waals surface area contributed by atoms with Gasteiger partial charge in [-0.25, -0.2) is 9.97 Å². The van der Waals surface area contributed by atoms with Crippen LogP contribution in [0.25, 0.3) is 121 Å². The van der Waals surface area contributed by atoms with E-state index in [0.717, 1.165) is 55.3 Å². The van der Waals surface area contributed by atoms with Crippen molar-refractivity contribution in [1.29, 1.82) is 0 Å². The van der Waals surface area contributed by atoms with Crippen molar-refractivity contribution in [2.75, 3.05) is 0 Å². The van der Waals surface area contributed by atoms with Crippen LogP contribution in [0.1, 0.15) is 0 Å². The van der Waals surface area contributed by atoms with Gasteiger partial charge in [0, 0.05) is 43.6 Å². The summed E-state index contributed by atoms with van der Waals surface area (Å²) >= 11 is 0. The molecule has 0 amide bonds. The van der Waals surface area contributed by atoms with Gasteiger partial charge in [0.1, 0.15) is 0 Å². The minimum atomic E-state index is 0.647. The molecule has 0 bridgehead atoms. The molecule has 0 saturated carbocycles. The molecule has 0 atom stereocenters. The molecule has 4 heteroatoms. The van der Waals surface area contributed by atoms with E-state index in [1.165, 1.54) is 60.0 Å². The zero-order chi connectivity index (χ0) is 40.7. The molecule has 0 unspecified atom stereocenters. The quantitative estimate of drug-likeness (QED) is 0.163. The van der Waals surface area contributed by atoms with Crippen LogP contribution in [0.2, 0.25) is 0 Å². The minimum Gasteiger partial charge on any atom is -0.309 e. The number of para-hydroxylation sites is 2. The molecule has 13 aromatic rings. The van der Waals surface area contributed by atoms with Crippen molar-refractivity contribution >= 4 is 76.1 Å². The maximum absolute atomic E-state index is 5.52. The fraction of sp³-hybridized carbons (Fsp3) is 0. The Kier molecular flexibility index (Phi) is 7.57. The first kappa shape index (κ1) is 34.5. The van der Waals surface area contributed by atoms with Gasteiger partial charge in [0.05, 0.1) is 33.3 Å².